The molecule has 0 fully saturated rings. The van der Waals surface area contributed by atoms with Gasteiger partial charge in [0.25, 0.3) is 0 Å². The van der Waals surface area contributed by atoms with E-state index in [1.54, 1.807) is 12.1 Å². The maximum atomic E-state index is 12.0. The number of aromatic hydroxyl groups is 1. The SMILES string of the molecule is COc1cc(Br)c(CCNC(=O)NCC(O)c2ccc(-c3ccccc3)cc2)cc1O. The van der Waals surface area contributed by atoms with E-state index in [9.17, 15) is 15.0 Å². The molecule has 0 aliphatic carbocycles. The summed E-state index contributed by atoms with van der Waals surface area (Å²) >= 11 is 3.43. The molecule has 3 rings (SSSR count). The van der Waals surface area contributed by atoms with Crippen molar-refractivity contribution in [2.24, 2.45) is 0 Å². The van der Waals surface area contributed by atoms with Gasteiger partial charge in [0.05, 0.1) is 13.2 Å². The van der Waals surface area contributed by atoms with E-state index in [4.69, 9.17) is 4.74 Å². The fourth-order valence-corrected chi connectivity index (χ4v) is 3.67. The van der Waals surface area contributed by atoms with Crippen molar-refractivity contribution in [2.75, 3.05) is 20.2 Å². The Morgan fingerprint density at radius 2 is 1.71 bits per heavy atom. The number of halogens is 1. The normalized spacial score (nSPS) is 11.6. The van der Waals surface area contributed by atoms with Gasteiger partial charge in [0.2, 0.25) is 0 Å². The molecule has 0 heterocycles. The highest BCUT2D eigenvalue weighted by Gasteiger charge is 2.11. The van der Waals surface area contributed by atoms with Crippen LogP contribution in [0.2, 0.25) is 0 Å². The zero-order valence-corrected chi connectivity index (χ0v) is 18.7. The Bertz CT molecular complexity index is 1010. The third kappa shape index (κ3) is 6.23. The van der Waals surface area contributed by atoms with Crippen molar-refractivity contribution in [3.63, 3.8) is 0 Å². The standard InChI is InChI=1S/C24H25BrN2O4/c1-31-23-14-20(25)19(13-21(23)28)11-12-26-24(30)27-15-22(29)18-9-7-17(8-10-18)16-5-3-2-4-6-16/h2-10,13-14,22,28-29H,11-12,15H2,1H3,(H2,26,27,30). The molecule has 1 atom stereocenters. The van der Waals surface area contributed by atoms with Crippen LogP contribution in [0.15, 0.2) is 71.2 Å². The Labute approximate surface area is 190 Å². The highest BCUT2D eigenvalue weighted by atomic mass is 79.9. The van der Waals surface area contributed by atoms with Gasteiger partial charge in [0.15, 0.2) is 11.5 Å². The van der Waals surface area contributed by atoms with E-state index in [2.05, 4.69) is 26.6 Å². The second-order valence-electron chi connectivity index (χ2n) is 7.01. The van der Waals surface area contributed by atoms with E-state index in [-0.39, 0.29) is 18.3 Å². The van der Waals surface area contributed by atoms with Gasteiger partial charge in [-0.2, -0.15) is 0 Å². The Kier molecular flexibility index (Phi) is 7.92. The summed E-state index contributed by atoms with van der Waals surface area (Å²) in [5.41, 5.74) is 3.76. The quantitative estimate of drug-likeness (QED) is 0.381. The van der Waals surface area contributed by atoms with Gasteiger partial charge >= 0.3 is 6.03 Å². The summed E-state index contributed by atoms with van der Waals surface area (Å²) in [6, 6.07) is 20.5. The number of amides is 2. The number of nitrogens with one attached hydrogen (secondary N) is 2. The van der Waals surface area contributed by atoms with Crippen molar-refractivity contribution in [1.82, 2.24) is 10.6 Å². The summed E-state index contributed by atoms with van der Waals surface area (Å²) in [7, 11) is 1.49. The van der Waals surface area contributed by atoms with E-state index in [0.29, 0.717) is 18.7 Å². The van der Waals surface area contributed by atoms with Gasteiger partial charge in [-0.1, -0.05) is 70.5 Å². The van der Waals surface area contributed by atoms with E-state index >= 15 is 0 Å². The number of benzene rings is 3. The van der Waals surface area contributed by atoms with Crippen LogP contribution in [0.5, 0.6) is 11.5 Å². The number of methoxy groups -OCH3 is 1. The lowest BCUT2D eigenvalue weighted by Crippen LogP contribution is -2.38. The first-order valence-electron chi connectivity index (χ1n) is 9.88. The van der Waals surface area contributed by atoms with Crippen molar-refractivity contribution in [2.45, 2.75) is 12.5 Å². The lowest BCUT2D eigenvalue weighted by Gasteiger charge is -2.14. The summed E-state index contributed by atoms with van der Waals surface area (Å²) in [6.07, 6.45) is -0.280. The molecular weight excluding hydrogens is 460 g/mol. The molecule has 0 radical (unpaired) electrons. The summed E-state index contributed by atoms with van der Waals surface area (Å²) in [5.74, 6) is 0.429. The highest BCUT2D eigenvalue weighted by Crippen LogP contribution is 2.32. The first kappa shape index (κ1) is 22.7. The van der Waals surface area contributed by atoms with Crippen molar-refractivity contribution in [3.8, 4) is 22.6 Å². The molecule has 0 aliphatic heterocycles. The van der Waals surface area contributed by atoms with Crippen LogP contribution in [0.4, 0.5) is 4.79 Å². The Morgan fingerprint density at radius 1 is 1.03 bits per heavy atom. The van der Waals surface area contributed by atoms with Crippen LogP contribution in [0.3, 0.4) is 0 Å². The minimum atomic E-state index is -0.803. The molecule has 4 N–H and O–H groups in total. The maximum absolute atomic E-state index is 12.0. The van der Waals surface area contributed by atoms with Crippen LogP contribution in [0.25, 0.3) is 11.1 Å². The van der Waals surface area contributed by atoms with Crippen LogP contribution in [-0.4, -0.2) is 36.4 Å². The van der Waals surface area contributed by atoms with Crippen LogP contribution >= 0.6 is 15.9 Å². The van der Waals surface area contributed by atoms with Crippen LogP contribution in [-0.2, 0) is 6.42 Å². The van der Waals surface area contributed by atoms with Gasteiger partial charge in [-0.25, -0.2) is 4.79 Å². The molecule has 0 spiro atoms. The van der Waals surface area contributed by atoms with E-state index in [1.807, 2.05) is 54.6 Å². The molecule has 7 heteroatoms. The van der Waals surface area contributed by atoms with Crippen LogP contribution in [0, 0.1) is 0 Å². The number of carbonyl (C=O) groups excluding carboxylic acids is 1. The Morgan fingerprint density at radius 3 is 2.39 bits per heavy atom. The van der Waals surface area contributed by atoms with Crippen molar-refractivity contribution in [3.05, 3.63) is 82.3 Å². The van der Waals surface area contributed by atoms with E-state index in [1.165, 1.54) is 7.11 Å². The number of hydrogen-bond donors (Lipinski definition) is 4. The largest absolute Gasteiger partial charge is 0.504 e. The Hall–Kier alpha value is -3.03. The number of phenols is 1. The first-order valence-corrected chi connectivity index (χ1v) is 10.7. The fourth-order valence-electron chi connectivity index (χ4n) is 3.15. The molecule has 162 valence electrons. The molecule has 0 aromatic heterocycles. The first-order chi connectivity index (χ1) is 15.0. The predicted octanol–water partition coefficient (Wildman–Crippen LogP) is 4.41. The monoisotopic (exact) mass is 484 g/mol. The fraction of sp³-hybridized carbons (Fsp3) is 0.208. The number of aliphatic hydroxyl groups is 1. The number of phenolic OH excluding ortho intramolecular Hbond substituents is 1. The second-order valence-corrected chi connectivity index (χ2v) is 7.86. The minimum absolute atomic E-state index is 0.0477. The lowest BCUT2D eigenvalue weighted by atomic mass is 10.0. The molecule has 0 saturated carbocycles. The summed E-state index contributed by atoms with van der Waals surface area (Å²) in [4.78, 5) is 12.0. The van der Waals surface area contributed by atoms with Crippen molar-refractivity contribution in [1.29, 1.82) is 0 Å². The van der Waals surface area contributed by atoms with Crippen molar-refractivity contribution >= 4 is 22.0 Å². The number of hydrogen-bond acceptors (Lipinski definition) is 4. The third-order valence-electron chi connectivity index (χ3n) is 4.89. The maximum Gasteiger partial charge on any atom is 0.314 e. The molecule has 31 heavy (non-hydrogen) atoms. The smallest absolute Gasteiger partial charge is 0.314 e. The molecule has 0 bridgehead atoms. The number of urea groups is 1. The number of ether oxygens (including phenoxy) is 1. The highest BCUT2D eigenvalue weighted by molar-refractivity contribution is 9.10. The molecule has 1 unspecified atom stereocenters. The third-order valence-corrected chi connectivity index (χ3v) is 5.62. The zero-order valence-electron chi connectivity index (χ0n) is 17.1. The molecule has 3 aromatic carbocycles. The van der Waals surface area contributed by atoms with Crippen LogP contribution in [0.1, 0.15) is 17.2 Å². The molecule has 3 aromatic rings. The average Bonchev–Trinajstić information content (AvgIpc) is 2.80. The van der Waals surface area contributed by atoms with Gasteiger partial charge in [-0.15, -0.1) is 0 Å². The Balaban J connectivity index is 1.45. The second kappa shape index (κ2) is 10.8. The van der Waals surface area contributed by atoms with Crippen LogP contribution < -0.4 is 15.4 Å². The summed E-state index contributed by atoms with van der Waals surface area (Å²) in [6.45, 7) is 0.474. The topological polar surface area (TPSA) is 90.8 Å². The van der Waals surface area contributed by atoms with E-state index in [0.717, 1.165) is 26.7 Å². The van der Waals surface area contributed by atoms with Gasteiger partial charge in [-0.3, -0.25) is 0 Å². The van der Waals surface area contributed by atoms with Gasteiger partial charge in [0, 0.05) is 17.6 Å². The van der Waals surface area contributed by atoms with Gasteiger partial charge < -0.3 is 25.6 Å². The average molecular weight is 485 g/mol. The van der Waals surface area contributed by atoms with Gasteiger partial charge in [0.1, 0.15) is 0 Å². The molecular formula is C24H25BrN2O4. The number of rotatable bonds is 8. The zero-order chi connectivity index (χ0) is 22.2. The molecule has 2 amide bonds. The number of aliphatic hydroxyl groups excluding tert-OH is 1. The summed E-state index contributed by atoms with van der Waals surface area (Å²) < 4.78 is 5.85. The number of carbonyl (C=O) groups is 1. The van der Waals surface area contributed by atoms with Crippen molar-refractivity contribution < 1.29 is 19.7 Å². The minimum Gasteiger partial charge on any atom is -0.504 e. The molecule has 0 saturated heterocycles. The predicted molar refractivity (Wildman–Crippen MR) is 124 cm³/mol. The summed E-state index contributed by atoms with van der Waals surface area (Å²) in [5, 5.41) is 25.7. The molecule has 6 nitrogen and oxygen atoms in total. The molecule has 0 aliphatic rings. The van der Waals surface area contributed by atoms with E-state index < -0.39 is 6.10 Å². The lowest BCUT2D eigenvalue weighted by molar-refractivity contribution is 0.173. The van der Waals surface area contributed by atoms with Gasteiger partial charge in [-0.05, 0) is 40.8 Å².